The maximum absolute atomic E-state index is 9.19. The van der Waals surface area contributed by atoms with Gasteiger partial charge in [0.25, 0.3) is 0 Å². The lowest BCUT2D eigenvalue weighted by Gasteiger charge is -2.13. The minimum absolute atomic E-state index is 0.214. The van der Waals surface area contributed by atoms with E-state index in [1.54, 1.807) is 13.4 Å². The number of aliphatic hydroxyl groups is 1. The van der Waals surface area contributed by atoms with Gasteiger partial charge in [0.05, 0.1) is 13.4 Å². The van der Waals surface area contributed by atoms with Crippen molar-refractivity contribution in [2.75, 3.05) is 20.3 Å². The minimum atomic E-state index is -0.602. The Morgan fingerprint density at radius 1 is 1.60 bits per heavy atom. The number of rotatable bonds is 5. The van der Waals surface area contributed by atoms with Crippen LogP contribution in [0.5, 0.6) is 0 Å². The third-order valence-electron chi connectivity index (χ3n) is 1.98. The third kappa shape index (κ3) is 4.18. The first-order chi connectivity index (χ1) is 7.26. The molecule has 0 saturated carbocycles. The molecule has 1 rings (SSSR count). The highest BCUT2D eigenvalue weighted by molar-refractivity contribution is 5.31. The van der Waals surface area contributed by atoms with Crippen LogP contribution in [0.15, 0.2) is 35.8 Å². The van der Waals surface area contributed by atoms with Gasteiger partial charge in [-0.15, -0.1) is 0 Å². The molecule has 3 N–H and O–H groups in total. The number of aliphatic hydroxyl groups excluding tert-OH is 1. The van der Waals surface area contributed by atoms with E-state index in [0.717, 1.165) is 17.8 Å². The Morgan fingerprint density at radius 3 is 2.93 bits per heavy atom. The third-order valence-corrected chi connectivity index (χ3v) is 1.98. The van der Waals surface area contributed by atoms with E-state index >= 15 is 0 Å². The van der Waals surface area contributed by atoms with Crippen molar-refractivity contribution in [1.82, 2.24) is 0 Å². The molecule has 0 radical (unpaired) electrons. The summed E-state index contributed by atoms with van der Waals surface area (Å²) in [5.74, 6) is 0.760. The van der Waals surface area contributed by atoms with Crippen LogP contribution in [0.1, 0.15) is 6.42 Å². The fourth-order valence-corrected chi connectivity index (χ4v) is 1.15. The molecule has 0 aliphatic heterocycles. The molecule has 1 aliphatic carbocycles. The zero-order valence-electron chi connectivity index (χ0n) is 8.85. The maximum Gasteiger partial charge on any atom is 0.115 e. The van der Waals surface area contributed by atoms with Gasteiger partial charge in [-0.05, 0) is 24.1 Å². The molecule has 0 amide bonds. The molecule has 0 aromatic heterocycles. The van der Waals surface area contributed by atoms with Gasteiger partial charge in [0, 0.05) is 6.54 Å². The van der Waals surface area contributed by atoms with E-state index in [2.05, 4.69) is 0 Å². The molecule has 0 aromatic rings. The van der Waals surface area contributed by atoms with E-state index in [4.69, 9.17) is 15.2 Å². The molecule has 0 aromatic carbocycles. The Morgan fingerprint density at radius 2 is 2.40 bits per heavy atom. The number of hydrogen-bond acceptors (Lipinski definition) is 4. The van der Waals surface area contributed by atoms with Gasteiger partial charge < -0.3 is 20.3 Å². The lowest BCUT2D eigenvalue weighted by molar-refractivity contribution is 0.0810. The molecule has 0 saturated heterocycles. The monoisotopic (exact) mass is 211 g/mol. The van der Waals surface area contributed by atoms with Crippen molar-refractivity contribution < 1.29 is 14.6 Å². The largest absolute Gasteiger partial charge is 0.504 e. The van der Waals surface area contributed by atoms with Crippen LogP contribution in [-0.2, 0) is 9.47 Å². The Labute approximate surface area is 89.7 Å². The van der Waals surface area contributed by atoms with Gasteiger partial charge in [0.2, 0.25) is 0 Å². The molecule has 4 nitrogen and oxygen atoms in total. The number of allylic oxidation sites excluding steroid dienone is 4. The van der Waals surface area contributed by atoms with Crippen molar-refractivity contribution in [3.63, 3.8) is 0 Å². The van der Waals surface area contributed by atoms with E-state index in [0.29, 0.717) is 0 Å². The summed E-state index contributed by atoms with van der Waals surface area (Å²) in [5, 5.41) is 9.19. The van der Waals surface area contributed by atoms with Gasteiger partial charge in [-0.1, -0.05) is 6.08 Å². The highest BCUT2D eigenvalue weighted by Crippen LogP contribution is 2.16. The highest BCUT2D eigenvalue weighted by Gasteiger charge is 2.05. The number of ether oxygens (including phenoxy) is 2. The highest BCUT2D eigenvalue weighted by atomic mass is 16.5. The summed E-state index contributed by atoms with van der Waals surface area (Å²) in [4.78, 5) is 0. The molecule has 4 heteroatoms. The van der Waals surface area contributed by atoms with Crippen LogP contribution in [-0.4, -0.2) is 31.5 Å². The maximum atomic E-state index is 9.19. The predicted molar refractivity (Wildman–Crippen MR) is 57.9 cm³/mol. The van der Waals surface area contributed by atoms with Crippen LogP contribution in [0.2, 0.25) is 0 Å². The Kier molecular flexibility index (Phi) is 4.93. The second-order valence-corrected chi connectivity index (χ2v) is 3.27. The average molecular weight is 211 g/mol. The molecule has 1 aliphatic rings. The van der Waals surface area contributed by atoms with Crippen molar-refractivity contribution in [1.29, 1.82) is 0 Å². The Bertz CT molecular complexity index is 282. The SMILES string of the molecule is COC=C1C=CC(OCC(O)CN)=CC1. The number of nitrogens with two attached hydrogens (primary N) is 1. The van der Waals surface area contributed by atoms with Gasteiger partial charge in [-0.2, -0.15) is 0 Å². The molecular weight excluding hydrogens is 194 g/mol. The summed E-state index contributed by atoms with van der Waals surface area (Å²) in [5.41, 5.74) is 6.34. The van der Waals surface area contributed by atoms with E-state index in [1.807, 2.05) is 18.2 Å². The molecular formula is C11H17NO3. The first kappa shape index (κ1) is 11.8. The van der Waals surface area contributed by atoms with E-state index in [-0.39, 0.29) is 13.2 Å². The van der Waals surface area contributed by atoms with Crippen LogP contribution in [0.3, 0.4) is 0 Å². The second-order valence-electron chi connectivity index (χ2n) is 3.27. The van der Waals surface area contributed by atoms with Crippen LogP contribution < -0.4 is 5.73 Å². The molecule has 15 heavy (non-hydrogen) atoms. The minimum Gasteiger partial charge on any atom is -0.504 e. The number of hydrogen-bond donors (Lipinski definition) is 2. The lowest BCUT2D eigenvalue weighted by Crippen LogP contribution is -2.24. The molecule has 0 spiro atoms. The normalized spacial score (nSPS) is 19.9. The smallest absolute Gasteiger partial charge is 0.115 e. The molecule has 1 unspecified atom stereocenters. The standard InChI is InChI=1S/C11H17NO3/c1-14-7-9-2-4-11(5-3-9)15-8-10(13)6-12/h2,4-5,7,10,13H,3,6,8,12H2,1H3. The van der Waals surface area contributed by atoms with E-state index < -0.39 is 6.10 Å². The first-order valence-electron chi connectivity index (χ1n) is 4.87. The number of methoxy groups -OCH3 is 1. The summed E-state index contributed by atoms with van der Waals surface area (Å²) in [6.45, 7) is 0.446. The zero-order chi connectivity index (χ0) is 11.1. The molecule has 0 fully saturated rings. The van der Waals surface area contributed by atoms with E-state index in [9.17, 15) is 5.11 Å². The van der Waals surface area contributed by atoms with Crippen molar-refractivity contribution in [3.05, 3.63) is 35.8 Å². The fourth-order valence-electron chi connectivity index (χ4n) is 1.15. The average Bonchev–Trinajstić information content (AvgIpc) is 2.28. The van der Waals surface area contributed by atoms with Crippen LogP contribution >= 0.6 is 0 Å². The van der Waals surface area contributed by atoms with Crippen LogP contribution in [0.25, 0.3) is 0 Å². The molecule has 0 bridgehead atoms. The summed E-state index contributed by atoms with van der Waals surface area (Å²) in [7, 11) is 1.62. The van der Waals surface area contributed by atoms with Crippen molar-refractivity contribution in [3.8, 4) is 0 Å². The van der Waals surface area contributed by atoms with Gasteiger partial charge >= 0.3 is 0 Å². The van der Waals surface area contributed by atoms with Crippen LogP contribution in [0.4, 0.5) is 0 Å². The van der Waals surface area contributed by atoms with Crippen molar-refractivity contribution in [2.45, 2.75) is 12.5 Å². The molecule has 1 atom stereocenters. The zero-order valence-corrected chi connectivity index (χ0v) is 8.85. The van der Waals surface area contributed by atoms with Gasteiger partial charge in [-0.25, -0.2) is 0 Å². The fraction of sp³-hybridized carbons (Fsp3) is 0.455. The summed E-state index contributed by atoms with van der Waals surface area (Å²) < 4.78 is 10.2. The predicted octanol–water partition coefficient (Wildman–Crippen LogP) is 0.697. The lowest BCUT2D eigenvalue weighted by atomic mass is 10.1. The van der Waals surface area contributed by atoms with E-state index in [1.165, 1.54) is 0 Å². The Balaban J connectivity index is 2.35. The Hall–Kier alpha value is -1.26. The van der Waals surface area contributed by atoms with Gasteiger partial charge in [-0.3, -0.25) is 0 Å². The summed E-state index contributed by atoms with van der Waals surface area (Å²) in [6.07, 6.45) is 7.58. The first-order valence-corrected chi connectivity index (χ1v) is 4.87. The van der Waals surface area contributed by atoms with Crippen molar-refractivity contribution in [2.24, 2.45) is 5.73 Å². The molecule has 0 heterocycles. The van der Waals surface area contributed by atoms with Gasteiger partial charge in [0.15, 0.2) is 0 Å². The van der Waals surface area contributed by atoms with Crippen LogP contribution in [0, 0.1) is 0 Å². The van der Waals surface area contributed by atoms with Crippen molar-refractivity contribution >= 4 is 0 Å². The second kappa shape index (κ2) is 6.27. The molecule has 84 valence electrons. The van der Waals surface area contributed by atoms with Gasteiger partial charge in [0.1, 0.15) is 18.5 Å². The summed E-state index contributed by atoms with van der Waals surface area (Å²) >= 11 is 0. The topological polar surface area (TPSA) is 64.7 Å². The quantitative estimate of drug-likeness (QED) is 0.657. The summed E-state index contributed by atoms with van der Waals surface area (Å²) in [6, 6.07) is 0.